The predicted molar refractivity (Wildman–Crippen MR) is 61.8 cm³/mol. The number of hydrogen-bond donors (Lipinski definition) is 1. The second-order valence-corrected chi connectivity index (χ2v) is 5.34. The van der Waals surface area contributed by atoms with E-state index in [1.54, 1.807) is 20.8 Å². The molecule has 0 radical (unpaired) electrons. The van der Waals surface area contributed by atoms with Gasteiger partial charge < -0.3 is 19.3 Å². The Morgan fingerprint density at radius 2 is 2.05 bits per heavy atom. The Morgan fingerprint density at radius 3 is 2.53 bits per heavy atom. The van der Waals surface area contributed by atoms with Crippen LogP contribution in [0.15, 0.2) is 4.52 Å². The van der Waals surface area contributed by atoms with Crippen molar-refractivity contribution in [3.8, 4) is 0 Å². The first-order chi connectivity index (χ1) is 8.76. The van der Waals surface area contributed by atoms with Crippen LogP contribution in [0.5, 0.6) is 0 Å². The number of nitrogens with zero attached hydrogens (tertiary/aromatic N) is 3. The van der Waals surface area contributed by atoms with Crippen molar-refractivity contribution in [1.29, 1.82) is 0 Å². The van der Waals surface area contributed by atoms with E-state index in [4.69, 9.17) is 14.4 Å². The van der Waals surface area contributed by atoms with E-state index in [-0.39, 0.29) is 17.6 Å². The molecular weight excluding hydrogens is 254 g/mol. The van der Waals surface area contributed by atoms with Gasteiger partial charge in [0.2, 0.25) is 5.89 Å². The van der Waals surface area contributed by atoms with E-state index in [0.29, 0.717) is 13.1 Å². The summed E-state index contributed by atoms with van der Waals surface area (Å²) in [6.45, 7) is 6.14. The van der Waals surface area contributed by atoms with Crippen LogP contribution in [0.4, 0.5) is 4.79 Å². The van der Waals surface area contributed by atoms with Crippen molar-refractivity contribution < 1.29 is 24.0 Å². The molecule has 0 spiro atoms. The molecule has 1 amide bonds. The summed E-state index contributed by atoms with van der Waals surface area (Å²) in [5.74, 6) is -1.51. The zero-order valence-electron chi connectivity index (χ0n) is 10.9. The van der Waals surface area contributed by atoms with Crippen LogP contribution in [0.25, 0.3) is 0 Å². The van der Waals surface area contributed by atoms with Gasteiger partial charge in [-0.3, -0.25) is 0 Å². The van der Waals surface area contributed by atoms with Crippen molar-refractivity contribution in [3.63, 3.8) is 0 Å². The third-order valence-corrected chi connectivity index (χ3v) is 2.52. The fourth-order valence-electron chi connectivity index (χ4n) is 1.60. The summed E-state index contributed by atoms with van der Waals surface area (Å²) in [5.41, 5.74) is -0.539. The summed E-state index contributed by atoms with van der Waals surface area (Å²) in [5, 5.41) is 12.0. The topological polar surface area (TPSA) is 106 Å². The number of ether oxygens (including phenoxy) is 1. The van der Waals surface area contributed by atoms with E-state index in [9.17, 15) is 9.59 Å². The molecule has 1 aromatic rings. The largest absolute Gasteiger partial charge is 0.475 e. The van der Waals surface area contributed by atoms with Gasteiger partial charge in [0.25, 0.3) is 5.82 Å². The Balaban J connectivity index is 1.89. The molecular formula is C11H15N3O5. The Hall–Kier alpha value is -2.12. The smallest absolute Gasteiger partial charge is 0.410 e. The summed E-state index contributed by atoms with van der Waals surface area (Å²) in [4.78, 5) is 27.5. The number of rotatable bonds is 2. The molecule has 0 aromatic carbocycles. The average molecular weight is 269 g/mol. The maximum atomic E-state index is 11.7. The normalized spacial score (nSPS) is 16.1. The van der Waals surface area contributed by atoms with Crippen LogP contribution in [0, 0.1) is 0 Å². The molecule has 1 fully saturated rings. The Labute approximate surface area is 109 Å². The van der Waals surface area contributed by atoms with E-state index in [2.05, 4.69) is 10.1 Å². The standard InChI is InChI=1S/C11H15N3O5/c1-11(2,3)18-10(17)14-4-6(5-14)8-12-7(9(15)16)13-19-8/h6H,4-5H2,1-3H3,(H,15,16). The lowest BCUT2D eigenvalue weighted by Gasteiger charge is -2.37. The van der Waals surface area contributed by atoms with Gasteiger partial charge in [0.05, 0.1) is 5.92 Å². The number of carbonyl (C=O) groups excluding carboxylic acids is 1. The third kappa shape index (κ3) is 3.01. The van der Waals surface area contributed by atoms with Crippen molar-refractivity contribution in [2.45, 2.75) is 32.3 Å². The molecule has 0 aliphatic carbocycles. The molecule has 104 valence electrons. The number of likely N-dealkylation sites (tertiary alicyclic amines) is 1. The zero-order chi connectivity index (χ0) is 14.2. The molecule has 0 saturated carbocycles. The van der Waals surface area contributed by atoms with Gasteiger partial charge in [-0.2, -0.15) is 4.98 Å². The predicted octanol–water partition coefficient (Wildman–Crippen LogP) is 1.10. The number of carboxylic acids is 1. The summed E-state index contributed by atoms with van der Waals surface area (Å²) < 4.78 is 10.0. The van der Waals surface area contributed by atoms with E-state index < -0.39 is 17.7 Å². The van der Waals surface area contributed by atoms with Crippen LogP contribution < -0.4 is 0 Å². The molecule has 0 bridgehead atoms. The fraction of sp³-hybridized carbons (Fsp3) is 0.636. The lowest BCUT2D eigenvalue weighted by molar-refractivity contribution is 0.00557. The molecule has 1 saturated heterocycles. The van der Waals surface area contributed by atoms with Crippen molar-refractivity contribution >= 4 is 12.1 Å². The minimum Gasteiger partial charge on any atom is -0.475 e. The van der Waals surface area contributed by atoms with Gasteiger partial charge in [0.1, 0.15) is 5.60 Å². The Kier molecular flexibility index (Phi) is 3.17. The van der Waals surface area contributed by atoms with Crippen LogP contribution in [0.2, 0.25) is 0 Å². The van der Waals surface area contributed by atoms with E-state index in [0.717, 1.165) is 0 Å². The van der Waals surface area contributed by atoms with Gasteiger partial charge in [0.15, 0.2) is 0 Å². The molecule has 1 N–H and O–H groups in total. The van der Waals surface area contributed by atoms with Gasteiger partial charge >= 0.3 is 12.1 Å². The van der Waals surface area contributed by atoms with E-state index >= 15 is 0 Å². The number of hydrogen-bond acceptors (Lipinski definition) is 6. The highest BCUT2D eigenvalue weighted by molar-refractivity contribution is 5.82. The molecule has 0 unspecified atom stereocenters. The van der Waals surface area contributed by atoms with Crippen molar-refractivity contribution in [3.05, 3.63) is 11.7 Å². The summed E-state index contributed by atoms with van der Waals surface area (Å²) in [6, 6.07) is 0. The highest BCUT2D eigenvalue weighted by Gasteiger charge is 2.38. The maximum absolute atomic E-state index is 11.7. The molecule has 8 nitrogen and oxygen atoms in total. The number of amides is 1. The number of aromatic carboxylic acids is 1. The minimum absolute atomic E-state index is 0.131. The SMILES string of the molecule is CC(C)(C)OC(=O)N1CC(c2nc(C(=O)O)no2)C1. The first-order valence-electron chi connectivity index (χ1n) is 5.81. The van der Waals surface area contributed by atoms with Gasteiger partial charge in [-0.15, -0.1) is 0 Å². The first kappa shape index (κ1) is 13.3. The lowest BCUT2D eigenvalue weighted by atomic mass is 10.0. The number of carboxylic acid groups (broad SMARTS) is 1. The highest BCUT2D eigenvalue weighted by atomic mass is 16.6. The van der Waals surface area contributed by atoms with Gasteiger partial charge in [-0.05, 0) is 25.9 Å². The maximum Gasteiger partial charge on any atom is 0.410 e. The molecule has 1 aliphatic heterocycles. The number of aromatic nitrogens is 2. The first-order valence-corrected chi connectivity index (χ1v) is 5.81. The lowest BCUT2D eigenvalue weighted by Crippen LogP contribution is -2.50. The summed E-state index contributed by atoms with van der Waals surface area (Å²) >= 11 is 0. The molecule has 0 atom stereocenters. The van der Waals surface area contributed by atoms with Crippen LogP contribution >= 0.6 is 0 Å². The molecule has 2 heterocycles. The highest BCUT2D eigenvalue weighted by Crippen LogP contribution is 2.27. The Bertz CT molecular complexity index is 499. The molecule has 1 aromatic heterocycles. The van der Waals surface area contributed by atoms with Crippen molar-refractivity contribution in [1.82, 2.24) is 15.0 Å². The molecule has 1 aliphatic rings. The van der Waals surface area contributed by atoms with Gasteiger partial charge in [-0.1, -0.05) is 0 Å². The van der Waals surface area contributed by atoms with Gasteiger partial charge in [-0.25, -0.2) is 9.59 Å². The molecule has 2 rings (SSSR count). The fourth-order valence-corrected chi connectivity index (χ4v) is 1.60. The molecule has 8 heteroatoms. The second kappa shape index (κ2) is 4.52. The van der Waals surface area contributed by atoms with Crippen LogP contribution in [-0.4, -0.2) is 50.9 Å². The third-order valence-electron chi connectivity index (χ3n) is 2.52. The van der Waals surface area contributed by atoms with E-state index in [1.807, 2.05) is 0 Å². The summed E-state index contributed by atoms with van der Waals surface area (Å²) in [7, 11) is 0. The average Bonchev–Trinajstić information content (AvgIpc) is 2.61. The monoisotopic (exact) mass is 269 g/mol. The van der Waals surface area contributed by atoms with Crippen LogP contribution in [0.3, 0.4) is 0 Å². The van der Waals surface area contributed by atoms with E-state index in [1.165, 1.54) is 4.90 Å². The van der Waals surface area contributed by atoms with Crippen LogP contribution in [-0.2, 0) is 4.74 Å². The van der Waals surface area contributed by atoms with Crippen molar-refractivity contribution in [2.24, 2.45) is 0 Å². The number of carbonyl (C=O) groups is 2. The van der Waals surface area contributed by atoms with Crippen LogP contribution in [0.1, 0.15) is 43.2 Å². The summed E-state index contributed by atoms with van der Waals surface area (Å²) in [6.07, 6.45) is -0.401. The van der Waals surface area contributed by atoms with Gasteiger partial charge in [0, 0.05) is 13.1 Å². The zero-order valence-corrected chi connectivity index (χ0v) is 10.9. The quantitative estimate of drug-likeness (QED) is 0.856. The molecule has 19 heavy (non-hydrogen) atoms. The van der Waals surface area contributed by atoms with Crippen molar-refractivity contribution in [2.75, 3.05) is 13.1 Å². The minimum atomic E-state index is -1.24. The Morgan fingerprint density at radius 1 is 1.42 bits per heavy atom. The second-order valence-electron chi connectivity index (χ2n) is 5.34.